The average molecular weight is 585 g/mol. The summed E-state index contributed by atoms with van der Waals surface area (Å²) >= 11 is 0. The Morgan fingerprint density at radius 2 is 1.58 bits per heavy atom. The van der Waals surface area contributed by atoms with Gasteiger partial charge in [-0.15, -0.1) is 0 Å². The molecular weight excluding hydrogens is 529 g/mol. The van der Waals surface area contributed by atoms with E-state index in [0.29, 0.717) is 11.8 Å². The van der Waals surface area contributed by atoms with E-state index in [4.69, 9.17) is 13.0 Å². The van der Waals surface area contributed by atoms with E-state index in [1.54, 1.807) is 0 Å². The first-order chi connectivity index (χ1) is 17.2. The highest BCUT2D eigenvalue weighted by molar-refractivity contribution is 7.86. The van der Waals surface area contributed by atoms with Gasteiger partial charge >= 0.3 is 0 Å². The lowest BCUT2D eigenvalue weighted by molar-refractivity contribution is -0.0412. The van der Waals surface area contributed by atoms with Crippen LogP contribution in [0.4, 0.5) is 0 Å². The molecule has 6 atom stereocenters. The van der Waals surface area contributed by atoms with Crippen molar-refractivity contribution in [3.8, 4) is 0 Å². The second kappa shape index (κ2) is 11.2. The van der Waals surface area contributed by atoms with Crippen LogP contribution in [-0.2, 0) is 23.2 Å². The van der Waals surface area contributed by atoms with Gasteiger partial charge in [-0.2, -0.15) is 8.42 Å². The number of rotatable bonds is 9. The molecule has 0 aromatic carbocycles. The van der Waals surface area contributed by atoms with Crippen LogP contribution in [0.5, 0.6) is 0 Å². The molecule has 3 aliphatic carbocycles. The normalized spacial score (nSPS) is 33.1. The molecule has 8 heteroatoms. The van der Waals surface area contributed by atoms with E-state index in [0.717, 1.165) is 24.7 Å². The fraction of sp³-hybridized carbons (Fsp3) is 0.867. The lowest BCUT2D eigenvalue weighted by Crippen LogP contribution is -2.51. The van der Waals surface area contributed by atoms with Gasteiger partial charge in [0.05, 0.1) is 17.5 Å². The average Bonchev–Trinajstić information content (AvgIpc) is 3.40. The first-order valence-corrected chi connectivity index (χ1v) is 22.2. The van der Waals surface area contributed by atoms with E-state index >= 15 is 0 Å². The molecule has 0 aromatic heterocycles. The van der Waals surface area contributed by atoms with Crippen LogP contribution in [0, 0.1) is 34.5 Å². The largest absolute Gasteiger partial charge is 0.412 e. The van der Waals surface area contributed by atoms with Crippen molar-refractivity contribution in [1.82, 2.24) is 0 Å². The minimum atomic E-state index is -3.66. The highest BCUT2D eigenvalue weighted by Gasteiger charge is 2.65. The van der Waals surface area contributed by atoms with Crippen LogP contribution in [0.2, 0.25) is 26.2 Å². The van der Waals surface area contributed by atoms with Crippen molar-refractivity contribution in [1.29, 1.82) is 0 Å². The smallest absolute Gasteiger partial charge is 0.265 e. The monoisotopic (exact) mass is 584 g/mol. The predicted octanol–water partition coefficient (Wildman–Crippen LogP) is 6.86. The molecule has 0 bridgehead atoms. The quantitative estimate of drug-likeness (QED) is 0.168. The molecule has 0 aromatic rings. The van der Waals surface area contributed by atoms with Crippen LogP contribution < -0.4 is 0 Å². The molecule has 0 heterocycles. The molecule has 5 nitrogen and oxygen atoms in total. The van der Waals surface area contributed by atoms with E-state index in [1.807, 2.05) is 0 Å². The fourth-order valence-electron chi connectivity index (χ4n) is 8.00. The van der Waals surface area contributed by atoms with Crippen LogP contribution in [0.1, 0.15) is 80.1 Å². The van der Waals surface area contributed by atoms with E-state index < -0.39 is 39.9 Å². The molecule has 0 amide bonds. The van der Waals surface area contributed by atoms with Crippen LogP contribution in [0.25, 0.3) is 0 Å². The summed E-state index contributed by atoms with van der Waals surface area (Å²) in [4.78, 5) is 0. The molecule has 0 aliphatic heterocycles. The van der Waals surface area contributed by atoms with Gasteiger partial charge in [0, 0.05) is 5.92 Å². The first kappa shape index (κ1) is 32.3. The Labute approximate surface area is 237 Å². The van der Waals surface area contributed by atoms with Crippen molar-refractivity contribution in [2.75, 3.05) is 6.26 Å². The third-order valence-electron chi connectivity index (χ3n) is 9.36. The second-order valence-electron chi connectivity index (χ2n) is 15.1. The molecule has 220 valence electrons. The van der Waals surface area contributed by atoms with Gasteiger partial charge in [0.15, 0.2) is 18.1 Å². The highest BCUT2D eigenvalue weighted by Crippen LogP contribution is 2.62. The Kier molecular flexibility index (Phi) is 9.51. The predicted molar refractivity (Wildman–Crippen MR) is 164 cm³/mol. The minimum Gasteiger partial charge on any atom is -0.412 e. The molecule has 0 saturated heterocycles. The number of hydrogen-bond acceptors (Lipinski definition) is 5. The van der Waals surface area contributed by atoms with Crippen LogP contribution in [0.3, 0.4) is 0 Å². The summed E-state index contributed by atoms with van der Waals surface area (Å²) in [5, 5.41) is 0. The summed E-state index contributed by atoms with van der Waals surface area (Å²) in [6, 6.07) is 0. The van der Waals surface area contributed by atoms with Gasteiger partial charge < -0.3 is 8.85 Å². The van der Waals surface area contributed by atoms with Gasteiger partial charge in [-0.25, -0.2) is 0 Å². The van der Waals surface area contributed by atoms with Gasteiger partial charge in [-0.3, -0.25) is 4.18 Å². The van der Waals surface area contributed by atoms with E-state index in [9.17, 15) is 8.42 Å². The Hall–Kier alpha value is -0.256. The molecular formula is C30H56O5SSi2. The highest BCUT2D eigenvalue weighted by atomic mass is 32.2. The van der Waals surface area contributed by atoms with Crippen molar-refractivity contribution in [3.63, 3.8) is 0 Å². The molecule has 38 heavy (non-hydrogen) atoms. The van der Waals surface area contributed by atoms with Crippen LogP contribution in [-0.4, -0.2) is 50.1 Å². The third kappa shape index (κ3) is 6.46. The number of allylic oxidation sites excluding steroid dienone is 1. The van der Waals surface area contributed by atoms with Gasteiger partial charge in [0.2, 0.25) is 0 Å². The first-order valence-electron chi connectivity index (χ1n) is 14.8. The fourth-order valence-corrected chi connectivity index (χ4v) is 11.3. The maximum absolute atomic E-state index is 12.4. The summed E-state index contributed by atoms with van der Waals surface area (Å²) in [5.41, 5.74) is -0.117. The standard InChI is InChI=1S/C30H56O5SSi2/c1-21-19-24-23(17-18-30(28(5,6)7,35-38(11)12)22-15-13-14-16-22)25(27(2,3)4)20-29(24,34-37(9)10)26(21)33-36(8,31)32/h17-18,22-26,37-38H,1,13-16,19-20H2,2-12H3/t23-,24+,25-,26?,29+,30-/m1/s1. The van der Waals surface area contributed by atoms with Crippen LogP contribution in [0.15, 0.2) is 24.3 Å². The maximum Gasteiger partial charge on any atom is 0.265 e. The van der Waals surface area contributed by atoms with Gasteiger partial charge in [-0.05, 0) is 86.0 Å². The van der Waals surface area contributed by atoms with Crippen molar-refractivity contribution in [2.45, 2.75) is 124 Å². The Morgan fingerprint density at radius 1 is 1.00 bits per heavy atom. The Balaban J connectivity index is 2.16. The molecule has 3 aliphatic rings. The minimum absolute atomic E-state index is 0.0244. The van der Waals surface area contributed by atoms with Gasteiger partial charge in [0.25, 0.3) is 10.1 Å². The SMILES string of the molecule is C=C1C[C@H]2[C@@H](C=C[C@@](O[SiH](C)C)(C3CCCC3)C(C)(C)C)[C@H](C(C)(C)C)C[C@@]2(O[SiH](C)C)C1OS(C)(=O)=O. The molecule has 0 N–H and O–H groups in total. The van der Waals surface area contributed by atoms with E-state index in [-0.39, 0.29) is 28.3 Å². The second-order valence-corrected chi connectivity index (χ2v) is 21.3. The van der Waals surface area contributed by atoms with E-state index in [2.05, 4.69) is 86.5 Å². The molecule has 1 unspecified atom stereocenters. The lowest BCUT2D eigenvalue weighted by Gasteiger charge is -2.49. The van der Waals surface area contributed by atoms with Crippen molar-refractivity contribution >= 4 is 28.2 Å². The molecule has 0 spiro atoms. The van der Waals surface area contributed by atoms with Gasteiger partial charge in [-0.1, -0.05) is 73.1 Å². The summed E-state index contributed by atoms with van der Waals surface area (Å²) in [6.07, 6.45) is 12.0. The summed E-state index contributed by atoms with van der Waals surface area (Å²) in [5.74, 6) is 1.21. The summed E-state index contributed by atoms with van der Waals surface area (Å²) in [7, 11) is -6.53. The lowest BCUT2D eigenvalue weighted by atomic mass is 9.66. The number of hydrogen-bond donors (Lipinski definition) is 0. The van der Waals surface area contributed by atoms with Crippen LogP contribution >= 0.6 is 0 Å². The molecule has 3 saturated carbocycles. The van der Waals surface area contributed by atoms with Crippen molar-refractivity contribution < 1.29 is 21.5 Å². The topological polar surface area (TPSA) is 61.8 Å². The molecule has 3 rings (SSSR count). The van der Waals surface area contributed by atoms with Gasteiger partial charge in [0.1, 0.15) is 6.10 Å². The van der Waals surface area contributed by atoms with E-state index in [1.165, 1.54) is 25.7 Å². The zero-order valence-corrected chi connectivity index (χ0v) is 29.2. The summed E-state index contributed by atoms with van der Waals surface area (Å²) < 4.78 is 44.6. The number of fused-ring (bicyclic) bond motifs is 1. The summed E-state index contributed by atoms with van der Waals surface area (Å²) in [6.45, 7) is 27.2. The van der Waals surface area contributed by atoms with Crippen molar-refractivity contribution in [2.24, 2.45) is 34.5 Å². The third-order valence-corrected chi connectivity index (χ3v) is 11.7. The molecule has 0 radical (unpaired) electrons. The molecule has 3 fully saturated rings. The Bertz CT molecular complexity index is 987. The Morgan fingerprint density at radius 3 is 2.03 bits per heavy atom. The zero-order valence-electron chi connectivity index (χ0n) is 26.1. The zero-order chi connectivity index (χ0) is 28.9. The van der Waals surface area contributed by atoms with Crippen molar-refractivity contribution in [3.05, 3.63) is 24.3 Å². The maximum atomic E-state index is 12.4.